The second kappa shape index (κ2) is 3.87. The van der Waals surface area contributed by atoms with Gasteiger partial charge in [0.1, 0.15) is 0 Å². The number of fused-ring (bicyclic) bond motifs is 1. The van der Waals surface area contributed by atoms with E-state index in [0.717, 1.165) is 26.9 Å². The Hall–Kier alpha value is -0.600. The SMILES string of the molecule is Cc1nc2ccc(Cl)cc2cc1CBr. The second-order valence-corrected chi connectivity index (χ2v) is 4.20. The highest BCUT2D eigenvalue weighted by atomic mass is 79.9. The Morgan fingerprint density at radius 3 is 2.86 bits per heavy atom. The fourth-order valence-electron chi connectivity index (χ4n) is 1.42. The Bertz CT molecular complexity index is 482. The lowest BCUT2D eigenvalue weighted by Crippen LogP contribution is -1.90. The van der Waals surface area contributed by atoms with E-state index in [1.807, 2.05) is 25.1 Å². The molecule has 0 atom stereocenters. The predicted molar refractivity (Wildman–Crippen MR) is 64.1 cm³/mol. The minimum absolute atomic E-state index is 0.753. The number of alkyl halides is 1. The van der Waals surface area contributed by atoms with Crippen molar-refractivity contribution in [2.45, 2.75) is 12.3 Å². The first-order chi connectivity index (χ1) is 6.70. The molecule has 0 radical (unpaired) electrons. The van der Waals surface area contributed by atoms with Crippen molar-refractivity contribution in [1.29, 1.82) is 0 Å². The normalized spacial score (nSPS) is 10.8. The van der Waals surface area contributed by atoms with E-state index >= 15 is 0 Å². The molecule has 0 N–H and O–H groups in total. The van der Waals surface area contributed by atoms with Gasteiger partial charge in [-0.3, -0.25) is 4.98 Å². The molecule has 0 aliphatic carbocycles. The molecule has 0 amide bonds. The summed E-state index contributed by atoms with van der Waals surface area (Å²) in [7, 11) is 0. The van der Waals surface area contributed by atoms with Crippen LogP contribution < -0.4 is 0 Å². The van der Waals surface area contributed by atoms with Gasteiger partial charge in [0, 0.05) is 21.4 Å². The van der Waals surface area contributed by atoms with E-state index in [2.05, 4.69) is 27.0 Å². The van der Waals surface area contributed by atoms with Gasteiger partial charge in [0.15, 0.2) is 0 Å². The zero-order chi connectivity index (χ0) is 10.1. The lowest BCUT2D eigenvalue weighted by molar-refractivity contribution is 1.19. The predicted octanol–water partition coefficient (Wildman–Crippen LogP) is 4.09. The van der Waals surface area contributed by atoms with Crippen molar-refractivity contribution in [2.24, 2.45) is 0 Å². The topological polar surface area (TPSA) is 12.9 Å². The molecule has 0 bridgehead atoms. The van der Waals surface area contributed by atoms with Gasteiger partial charge in [-0.15, -0.1) is 0 Å². The largest absolute Gasteiger partial charge is 0.253 e. The molecule has 1 aromatic carbocycles. The van der Waals surface area contributed by atoms with Crippen molar-refractivity contribution in [3.05, 3.63) is 40.5 Å². The fraction of sp³-hybridized carbons (Fsp3) is 0.182. The maximum Gasteiger partial charge on any atom is 0.0706 e. The van der Waals surface area contributed by atoms with Gasteiger partial charge in [-0.25, -0.2) is 0 Å². The van der Waals surface area contributed by atoms with Crippen LogP contribution >= 0.6 is 27.5 Å². The van der Waals surface area contributed by atoms with Crippen molar-refractivity contribution in [3.63, 3.8) is 0 Å². The summed E-state index contributed by atoms with van der Waals surface area (Å²) in [6, 6.07) is 7.88. The number of aromatic nitrogens is 1. The number of benzene rings is 1. The minimum Gasteiger partial charge on any atom is -0.253 e. The smallest absolute Gasteiger partial charge is 0.0706 e. The number of pyridine rings is 1. The molecule has 1 heterocycles. The lowest BCUT2D eigenvalue weighted by atomic mass is 10.1. The van der Waals surface area contributed by atoms with E-state index in [-0.39, 0.29) is 0 Å². The third kappa shape index (κ3) is 1.77. The minimum atomic E-state index is 0.753. The average Bonchev–Trinajstić information content (AvgIpc) is 2.17. The first-order valence-electron chi connectivity index (χ1n) is 4.32. The summed E-state index contributed by atoms with van der Waals surface area (Å²) in [6.07, 6.45) is 0. The van der Waals surface area contributed by atoms with E-state index in [4.69, 9.17) is 11.6 Å². The van der Waals surface area contributed by atoms with Gasteiger partial charge in [0.25, 0.3) is 0 Å². The van der Waals surface area contributed by atoms with Gasteiger partial charge >= 0.3 is 0 Å². The zero-order valence-electron chi connectivity index (χ0n) is 7.72. The summed E-state index contributed by atoms with van der Waals surface area (Å²) in [5.41, 5.74) is 3.27. The van der Waals surface area contributed by atoms with Crippen LogP contribution in [0.3, 0.4) is 0 Å². The third-order valence-corrected chi connectivity index (χ3v) is 3.06. The van der Waals surface area contributed by atoms with Gasteiger partial charge in [-0.05, 0) is 36.8 Å². The molecule has 0 saturated heterocycles. The van der Waals surface area contributed by atoms with E-state index in [9.17, 15) is 0 Å². The molecule has 3 heteroatoms. The summed E-state index contributed by atoms with van der Waals surface area (Å²) in [5, 5.41) is 2.68. The monoisotopic (exact) mass is 269 g/mol. The molecular formula is C11H9BrClN. The molecule has 0 aliphatic rings. The first kappa shape index (κ1) is 9.94. The standard InChI is InChI=1S/C11H9BrClN/c1-7-9(6-12)4-8-5-10(13)2-3-11(8)14-7/h2-5H,6H2,1H3. The molecular weight excluding hydrogens is 261 g/mol. The van der Waals surface area contributed by atoms with Crippen LogP contribution in [0.4, 0.5) is 0 Å². The van der Waals surface area contributed by atoms with Gasteiger partial charge in [0.05, 0.1) is 5.52 Å². The number of hydrogen-bond donors (Lipinski definition) is 0. The van der Waals surface area contributed by atoms with Gasteiger partial charge in [-0.1, -0.05) is 27.5 Å². The maximum atomic E-state index is 5.91. The molecule has 0 unspecified atom stereocenters. The lowest BCUT2D eigenvalue weighted by Gasteiger charge is -2.04. The summed E-state index contributed by atoms with van der Waals surface area (Å²) in [5.74, 6) is 0. The van der Waals surface area contributed by atoms with Crippen molar-refractivity contribution >= 4 is 38.4 Å². The third-order valence-electron chi connectivity index (χ3n) is 2.22. The molecule has 1 nitrogen and oxygen atoms in total. The average molecular weight is 271 g/mol. The Morgan fingerprint density at radius 2 is 2.14 bits per heavy atom. The molecule has 1 aromatic heterocycles. The van der Waals surface area contributed by atoms with Gasteiger partial charge in [0.2, 0.25) is 0 Å². The van der Waals surface area contributed by atoms with Crippen LogP contribution in [0.1, 0.15) is 11.3 Å². The van der Waals surface area contributed by atoms with Gasteiger partial charge in [-0.2, -0.15) is 0 Å². The molecule has 0 fully saturated rings. The Kier molecular flexibility index (Phi) is 2.75. The van der Waals surface area contributed by atoms with Crippen molar-refractivity contribution in [1.82, 2.24) is 4.98 Å². The summed E-state index contributed by atoms with van der Waals surface area (Å²) in [6.45, 7) is 2.02. The number of rotatable bonds is 1. The van der Waals surface area contributed by atoms with Crippen LogP contribution in [-0.2, 0) is 5.33 Å². The highest BCUT2D eigenvalue weighted by Crippen LogP contribution is 2.21. The van der Waals surface area contributed by atoms with Crippen LogP contribution in [0.25, 0.3) is 10.9 Å². The second-order valence-electron chi connectivity index (χ2n) is 3.20. The number of halogens is 2. The Labute approximate surface area is 96.2 Å². The van der Waals surface area contributed by atoms with Crippen molar-refractivity contribution < 1.29 is 0 Å². The van der Waals surface area contributed by atoms with Crippen LogP contribution in [-0.4, -0.2) is 4.98 Å². The Balaban J connectivity index is 2.73. The molecule has 0 aliphatic heterocycles. The van der Waals surface area contributed by atoms with Crippen molar-refractivity contribution in [3.8, 4) is 0 Å². The van der Waals surface area contributed by atoms with Crippen LogP contribution in [0, 0.1) is 6.92 Å². The molecule has 14 heavy (non-hydrogen) atoms. The summed E-state index contributed by atoms with van der Waals surface area (Å²) < 4.78 is 0. The number of nitrogens with zero attached hydrogens (tertiary/aromatic N) is 1. The summed E-state index contributed by atoms with van der Waals surface area (Å²) >= 11 is 9.35. The van der Waals surface area contributed by atoms with Gasteiger partial charge < -0.3 is 0 Å². The quantitative estimate of drug-likeness (QED) is 0.711. The molecule has 0 saturated carbocycles. The highest BCUT2D eigenvalue weighted by molar-refractivity contribution is 9.08. The van der Waals surface area contributed by atoms with E-state index in [1.54, 1.807) is 0 Å². The molecule has 2 aromatic rings. The number of hydrogen-bond acceptors (Lipinski definition) is 1. The highest BCUT2D eigenvalue weighted by Gasteiger charge is 2.02. The van der Waals surface area contributed by atoms with Crippen LogP contribution in [0.2, 0.25) is 5.02 Å². The molecule has 0 spiro atoms. The van der Waals surface area contributed by atoms with E-state index in [0.29, 0.717) is 0 Å². The molecule has 72 valence electrons. The summed E-state index contributed by atoms with van der Waals surface area (Å²) in [4.78, 5) is 4.50. The zero-order valence-corrected chi connectivity index (χ0v) is 10.1. The fourth-order valence-corrected chi connectivity index (χ4v) is 2.17. The Morgan fingerprint density at radius 1 is 1.36 bits per heavy atom. The van der Waals surface area contributed by atoms with E-state index in [1.165, 1.54) is 5.56 Å². The number of aryl methyl sites for hydroxylation is 1. The van der Waals surface area contributed by atoms with Crippen molar-refractivity contribution in [2.75, 3.05) is 0 Å². The van der Waals surface area contributed by atoms with Crippen LogP contribution in [0.15, 0.2) is 24.3 Å². The first-order valence-corrected chi connectivity index (χ1v) is 5.82. The maximum absolute atomic E-state index is 5.91. The van der Waals surface area contributed by atoms with E-state index < -0.39 is 0 Å². The molecule has 2 rings (SSSR count). The van der Waals surface area contributed by atoms with Crippen LogP contribution in [0.5, 0.6) is 0 Å².